The molecule has 4 atom stereocenters. The standard InChI is InChI=1S/C34H45N3O7S2/c1-24-21-37(25(2)23-38)34(40)29-20-28(35-46(41,42)33-14-10-18-45-33)15-16-30(29)44-26(3)11-8-9-17-43-31(24)22-36(4)32(39)19-27-12-6-5-7-13-27/h5-7,10,12-16,18,20,24-26,31,35,38H,8-9,11,17,19,21-23H2,1-4H3/t24-,25+,26+,31+/m1/s1. The van der Waals surface area contributed by atoms with Gasteiger partial charge in [0.25, 0.3) is 15.9 Å². The maximum atomic E-state index is 14.3. The number of benzene rings is 2. The van der Waals surface area contributed by atoms with Crippen LogP contribution >= 0.6 is 11.3 Å². The zero-order chi connectivity index (χ0) is 33.3. The summed E-state index contributed by atoms with van der Waals surface area (Å²) < 4.78 is 41.3. The fourth-order valence-corrected chi connectivity index (χ4v) is 7.39. The highest BCUT2D eigenvalue weighted by atomic mass is 32.2. The van der Waals surface area contributed by atoms with Crippen molar-refractivity contribution >= 4 is 38.9 Å². The van der Waals surface area contributed by atoms with E-state index >= 15 is 0 Å². The van der Waals surface area contributed by atoms with Crippen LogP contribution in [0.25, 0.3) is 0 Å². The third-order valence-electron chi connectivity index (χ3n) is 8.14. The first kappa shape index (κ1) is 35.4. The lowest BCUT2D eigenvalue weighted by Gasteiger charge is -2.36. The molecule has 1 aliphatic rings. The Morgan fingerprint density at radius 1 is 1.13 bits per heavy atom. The molecule has 2 N–H and O–H groups in total. The van der Waals surface area contributed by atoms with Gasteiger partial charge in [0, 0.05) is 38.3 Å². The molecular formula is C34H45N3O7S2. The predicted molar refractivity (Wildman–Crippen MR) is 180 cm³/mol. The number of amides is 2. The second-order valence-electron chi connectivity index (χ2n) is 12.0. The van der Waals surface area contributed by atoms with Crippen LogP contribution in [0.15, 0.2) is 70.3 Å². The van der Waals surface area contributed by atoms with Gasteiger partial charge < -0.3 is 24.4 Å². The Bertz CT molecular complexity index is 1530. The van der Waals surface area contributed by atoms with Crippen molar-refractivity contribution in [3.05, 3.63) is 77.2 Å². The molecule has 0 unspecified atom stereocenters. The summed E-state index contributed by atoms with van der Waals surface area (Å²) in [5, 5.41) is 11.9. The van der Waals surface area contributed by atoms with Crippen LogP contribution in [0.1, 0.15) is 56.0 Å². The Hall–Kier alpha value is -3.45. The Morgan fingerprint density at radius 3 is 2.59 bits per heavy atom. The molecule has 0 radical (unpaired) electrons. The highest BCUT2D eigenvalue weighted by Crippen LogP contribution is 2.30. The van der Waals surface area contributed by atoms with Crippen molar-refractivity contribution in [1.29, 1.82) is 0 Å². The first-order valence-corrected chi connectivity index (χ1v) is 18.0. The molecule has 250 valence electrons. The van der Waals surface area contributed by atoms with Crippen LogP contribution in [0.5, 0.6) is 5.75 Å². The van der Waals surface area contributed by atoms with E-state index in [1.165, 1.54) is 12.1 Å². The van der Waals surface area contributed by atoms with Gasteiger partial charge in [0.2, 0.25) is 5.91 Å². The van der Waals surface area contributed by atoms with E-state index in [0.717, 1.165) is 36.2 Å². The number of hydrogen-bond donors (Lipinski definition) is 2. The maximum Gasteiger partial charge on any atom is 0.271 e. The van der Waals surface area contributed by atoms with E-state index in [4.69, 9.17) is 9.47 Å². The van der Waals surface area contributed by atoms with Crippen molar-refractivity contribution in [1.82, 2.24) is 9.80 Å². The van der Waals surface area contributed by atoms with E-state index in [9.17, 15) is 23.1 Å². The van der Waals surface area contributed by atoms with Gasteiger partial charge in [0.05, 0.1) is 36.8 Å². The lowest BCUT2D eigenvalue weighted by atomic mass is 10.0. The van der Waals surface area contributed by atoms with E-state index in [0.29, 0.717) is 18.9 Å². The van der Waals surface area contributed by atoms with E-state index in [1.54, 1.807) is 47.4 Å². The zero-order valence-corrected chi connectivity index (χ0v) is 28.6. The highest BCUT2D eigenvalue weighted by Gasteiger charge is 2.31. The number of fused-ring (bicyclic) bond motifs is 1. The average Bonchev–Trinajstić information content (AvgIpc) is 3.59. The monoisotopic (exact) mass is 671 g/mol. The van der Waals surface area contributed by atoms with Gasteiger partial charge in [-0.25, -0.2) is 8.42 Å². The summed E-state index contributed by atoms with van der Waals surface area (Å²) in [5.74, 6) is -0.306. The van der Waals surface area contributed by atoms with Crippen LogP contribution in [0, 0.1) is 5.92 Å². The fourth-order valence-electron chi connectivity index (χ4n) is 5.35. The number of nitrogens with zero attached hydrogens (tertiary/aromatic N) is 2. The molecule has 0 aliphatic carbocycles. The number of carbonyl (C=O) groups is 2. The Labute approximate surface area is 276 Å². The summed E-state index contributed by atoms with van der Waals surface area (Å²) in [6.07, 6.45) is 2.04. The van der Waals surface area contributed by atoms with Crippen molar-refractivity contribution in [2.24, 2.45) is 5.92 Å². The largest absolute Gasteiger partial charge is 0.490 e. The van der Waals surface area contributed by atoms with Gasteiger partial charge >= 0.3 is 0 Å². The predicted octanol–water partition coefficient (Wildman–Crippen LogP) is 5.05. The molecule has 10 nitrogen and oxygen atoms in total. The summed E-state index contributed by atoms with van der Waals surface area (Å²) in [6.45, 7) is 6.44. The van der Waals surface area contributed by atoms with Gasteiger partial charge in [-0.3, -0.25) is 14.3 Å². The lowest BCUT2D eigenvalue weighted by Crippen LogP contribution is -2.48. The minimum Gasteiger partial charge on any atom is -0.490 e. The normalized spacial score (nSPS) is 20.6. The van der Waals surface area contributed by atoms with Crippen molar-refractivity contribution in [3.8, 4) is 5.75 Å². The Kier molecular flexibility index (Phi) is 12.6. The quantitative estimate of drug-likeness (QED) is 0.326. The molecule has 2 aromatic carbocycles. The first-order valence-electron chi connectivity index (χ1n) is 15.7. The minimum absolute atomic E-state index is 0.0320. The van der Waals surface area contributed by atoms with Crippen LogP contribution in [0.3, 0.4) is 0 Å². The van der Waals surface area contributed by atoms with Gasteiger partial charge in [-0.05, 0) is 68.3 Å². The smallest absolute Gasteiger partial charge is 0.271 e. The van der Waals surface area contributed by atoms with Crippen LogP contribution in [-0.2, 0) is 26.0 Å². The molecule has 2 amide bonds. The van der Waals surface area contributed by atoms with Gasteiger partial charge in [-0.2, -0.15) is 0 Å². The first-order chi connectivity index (χ1) is 22.0. The fraction of sp³-hybridized carbons (Fsp3) is 0.471. The van der Waals surface area contributed by atoms with Gasteiger partial charge in [0.1, 0.15) is 9.96 Å². The third kappa shape index (κ3) is 9.54. The summed E-state index contributed by atoms with van der Waals surface area (Å²) in [4.78, 5) is 30.7. The second-order valence-corrected chi connectivity index (χ2v) is 14.8. The maximum absolute atomic E-state index is 14.3. The van der Waals surface area contributed by atoms with E-state index < -0.39 is 22.0 Å². The molecule has 46 heavy (non-hydrogen) atoms. The summed E-state index contributed by atoms with van der Waals surface area (Å²) in [7, 11) is -2.08. The number of carbonyl (C=O) groups excluding carboxylic acids is 2. The number of thiophene rings is 1. The van der Waals surface area contributed by atoms with Crippen LogP contribution in [0.4, 0.5) is 5.69 Å². The molecule has 1 aromatic heterocycles. The molecule has 0 saturated carbocycles. The molecule has 0 saturated heterocycles. The highest BCUT2D eigenvalue weighted by molar-refractivity contribution is 7.94. The molecule has 2 heterocycles. The number of rotatable bonds is 9. The third-order valence-corrected chi connectivity index (χ3v) is 10.9. The SMILES string of the molecule is C[C@@H]1CN([C@@H](C)CO)C(=O)c2cc(NS(=O)(=O)c3cccs3)ccc2O[C@@H](C)CCCCO[C@H]1CN(C)C(=O)Cc1ccccc1. The molecule has 0 fully saturated rings. The van der Waals surface area contributed by atoms with Crippen LogP contribution in [0.2, 0.25) is 0 Å². The van der Waals surface area contributed by atoms with Crippen LogP contribution < -0.4 is 9.46 Å². The van der Waals surface area contributed by atoms with E-state index in [2.05, 4.69) is 4.72 Å². The molecule has 0 bridgehead atoms. The minimum atomic E-state index is -3.85. The number of ether oxygens (including phenoxy) is 2. The van der Waals surface area contributed by atoms with Crippen molar-refractivity contribution < 1.29 is 32.6 Å². The van der Waals surface area contributed by atoms with Crippen molar-refractivity contribution in [2.45, 2.75) is 68.9 Å². The van der Waals surface area contributed by atoms with Gasteiger partial charge in [-0.1, -0.05) is 43.3 Å². The topological polar surface area (TPSA) is 125 Å². The molecule has 4 rings (SSSR count). The summed E-state index contributed by atoms with van der Waals surface area (Å²) in [5.41, 5.74) is 1.35. The van der Waals surface area contributed by atoms with E-state index in [1.807, 2.05) is 44.2 Å². The number of anilines is 1. The van der Waals surface area contributed by atoms with E-state index in [-0.39, 0.29) is 59.1 Å². The van der Waals surface area contributed by atoms with Gasteiger partial charge in [-0.15, -0.1) is 11.3 Å². The number of likely N-dealkylation sites (N-methyl/N-ethyl adjacent to an activating group) is 1. The number of hydrogen-bond acceptors (Lipinski definition) is 8. The molecule has 1 aliphatic heterocycles. The summed E-state index contributed by atoms with van der Waals surface area (Å²) in [6, 6.07) is 16.9. The average molecular weight is 672 g/mol. The van der Waals surface area contributed by atoms with Crippen molar-refractivity contribution in [3.63, 3.8) is 0 Å². The summed E-state index contributed by atoms with van der Waals surface area (Å²) >= 11 is 1.10. The number of aliphatic hydroxyl groups is 1. The molecule has 0 spiro atoms. The molecule has 3 aromatic rings. The molecular weight excluding hydrogens is 627 g/mol. The van der Waals surface area contributed by atoms with Gasteiger partial charge in [0.15, 0.2) is 0 Å². The Balaban J connectivity index is 1.62. The lowest BCUT2D eigenvalue weighted by molar-refractivity contribution is -0.131. The van der Waals surface area contributed by atoms with Crippen LogP contribution in [-0.4, -0.2) is 86.7 Å². The Morgan fingerprint density at radius 2 is 1.89 bits per heavy atom. The number of sulfonamides is 1. The number of nitrogens with one attached hydrogen (secondary N) is 1. The second kappa shape index (κ2) is 16.4. The van der Waals surface area contributed by atoms with Crippen molar-refractivity contribution in [2.75, 3.05) is 38.1 Å². The number of aliphatic hydroxyl groups excluding tert-OH is 1. The molecule has 12 heteroatoms. The zero-order valence-electron chi connectivity index (χ0n) is 26.9.